The van der Waals surface area contributed by atoms with E-state index in [1.54, 1.807) is 12.1 Å². The number of hydrogen-bond acceptors (Lipinski definition) is 3. The van der Waals surface area contributed by atoms with Crippen molar-refractivity contribution in [3.63, 3.8) is 0 Å². The Balaban J connectivity index is 2.63. The topological polar surface area (TPSA) is 52.5 Å². The summed E-state index contributed by atoms with van der Waals surface area (Å²) in [5, 5.41) is 21.9. The molecule has 4 heteroatoms. The Hall–Kier alpha value is -0.580. The van der Waals surface area contributed by atoms with E-state index in [1.807, 2.05) is 19.9 Å². The van der Waals surface area contributed by atoms with Gasteiger partial charge in [-0.3, -0.25) is 0 Å². The molecular formula is C12H18BrNO2. The fourth-order valence-electron chi connectivity index (χ4n) is 1.40. The Morgan fingerprint density at radius 1 is 1.38 bits per heavy atom. The molecule has 0 saturated carbocycles. The van der Waals surface area contributed by atoms with E-state index in [0.717, 1.165) is 10.0 Å². The van der Waals surface area contributed by atoms with Gasteiger partial charge in [-0.1, -0.05) is 15.9 Å². The SMILES string of the molecule is CC(C)(CCO)NCc1cc(Br)ccc1O. The van der Waals surface area contributed by atoms with Crippen molar-refractivity contribution in [2.75, 3.05) is 6.61 Å². The summed E-state index contributed by atoms with van der Waals surface area (Å²) in [6, 6.07) is 5.36. The van der Waals surface area contributed by atoms with Crippen molar-refractivity contribution in [3.05, 3.63) is 28.2 Å². The lowest BCUT2D eigenvalue weighted by molar-refractivity contribution is 0.229. The number of aliphatic hydroxyl groups excluding tert-OH is 1. The molecule has 16 heavy (non-hydrogen) atoms. The summed E-state index contributed by atoms with van der Waals surface area (Å²) in [5.74, 6) is 0.287. The van der Waals surface area contributed by atoms with Crippen LogP contribution in [0.5, 0.6) is 5.75 Å². The molecule has 1 aromatic rings. The van der Waals surface area contributed by atoms with Gasteiger partial charge in [0.05, 0.1) is 0 Å². The number of aliphatic hydroxyl groups is 1. The highest BCUT2D eigenvalue weighted by atomic mass is 79.9. The lowest BCUT2D eigenvalue weighted by Gasteiger charge is -2.25. The van der Waals surface area contributed by atoms with E-state index < -0.39 is 0 Å². The fraction of sp³-hybridized carbons (Fsp3) is 0.500. The first kappa shape index (κ1) is 13.5. The third-order valence-electron chi connectivity index (χ3n) is 2.54. The van der Waals surface area contributed by atoms with Gasteiger partial charge in [-0.25, -0.2) is 0 Å². The van der Waals surface area contributed by atoms with E-state index >= 15 is 0 Å². The Morgan fingerprint density at radius 2 is 2.06 bits per heavy atom. The number of phenolic OH excluding ortho intramolecular Hbond substituents is 1. The zero-order chi connectivity index (χ0) is 12.2. The van der Waals surface area contributed by atoms with Crippen LogP contribution < -0.4 is 5.32 Å². The minimum Gasteiger partial charge on any atom is -0.508 e. The van der Waals surface area contributed by atoms with Crippen LogP contribution in [-0.4, -0.2) is 22.4 Å². The number of phenols is 1. The first-order valence-corrected chi connectivity index (χ1v) is 6.07. The summed E-state index contributed by atoms with van der Waals surface area (Å²) >= 11 is 3.37. The van der Waals surface area contributed by atoms with Crippen LogP contribution in [0.15, 0.2) is 22.7 Å². The fourth-order valence-corrected chi connectivity index (χ4v) is 1.81. The molecule has 0 aliphatic rings. The smallest absolute Gasteiger partial charge is 0.120 e. The van der Waals surface area contributed by atoms with E-state index in [1.165, 1.54) is 0 Å². The van der Waals surface area contributed by atoms with Gasteiger partial charge in [-0.15, -0.1) is 0 Å². The van der Waals surface area contributed by atoms with Crippen molar-refractivity contribution < 1.29 is 10.2 Å². The van der Waals surface area contributed by atoms with Gasteiger partial charge in [0.2, 0.25) is 0 Å². The van der Waals surface area contributed by atoms with E-state index in [2.05, 4.69) is 21.2 Å². The first-order chi connectivity index (χ1) is 7.44. The van der Waals surface area contributed by atoms with Crippen LogP contribution in [0.1, 0.15) is 25.8 Å². The van der Waals surface area contributed by atoms with Crippen molar-refractivity contribution >= 4 is 15.9 Å². The van der Waals surface area contributed by atoms with Gasteiger partial charge in [-0.05, 0) is 38.5 Å². The number of nitrogens with one attached hydrogen (secondary N) is 1. The summed E-state index contributed by atoms with van der Waals surface area (Å²) in [4.78, 5) is 0. The largest absolute Gasteiger partial charge is 0.508 e. The average molecular weight is 288 g/mol. The second-order valence-electron chi connectivity index (χ2n) is 4.48. The minimum absolute atomic E-state index is 0.135. The zero-order valence-electron chi connectivity index (χ0n) is 9.63. The van der Waals surface area contributed by atoms with Gasteiger partial charge in [0, 0.05) is 28.7 Å². The van der Waals surface area contributed by atoms with Crippen molar-refractivity contribution in [1.82, 2.24) is 5.32 Å². The van der Waals surface area contributed by atoms with Crippen molar-refractivity contribution in [3.8, 4) is 5.75 Å². The number of rotatable bonds is 5. The third-order valence-corrected chi connectivity index (χ3v) is 3.03. The standard InChI is InChI=1S/C12H18BrNO2/c1-12(2,5-6-15)14-8-9-7-10(13)3-4-11(9)16/h3-4,7,14-16H,5-6,8H2,1-2H3. The van der Waals surface area contributed by atoms with Gasteiger partial charge >= 0.3 is 0 Å². The Labute approximate surface area is 105 Å². The van der Waals surface area contributed by atoms with E-state index in [0.29, 0.717) is 13.0 Å². The van der Waals surface area contributed by atoms with E-state index in [-0.39, 0.29) is 17.9 Å². The van der Waals surface area contributed by atoms with E-state index in [4.69, 9.17) is 5.11 Å². The normalized spacial score (nSPS) is 11.8. The van der Waals surface area contributed by atoms with Crippen molar-refractivity contribution in [1.29, 1.82) is 0 Å². The summed E-state index contributed by atoms with van der Waals surface area (Å²) in [6.45, 7) is 4.79. The molecule has 1 aromatic carbocycles. The molecule has 0 aromatic heterocycles. The highest BCUT2D eigenvalue weighted by Crippen LogP contribution is 2.22. The van der Waals surface area contributed by atoms with Crippen LogP contribution in [0, 0.1) is 0 Å². The second-order valence-corrected chi connectivity index (χ2v) is 5.40. The highest BCUT2D eigenvalue weighted by Gasteiger charge is 2.16. The third kappa shape index (κ3) is 4.12. The van der Waals surface area contributed by atoms with Crippen molar-refractivity contribution in [2.45, 2.75) is 32.4 Å². The number of aromatic hydroxyl groups is 1. The van der Waals surface area contributed by atoms with Crippen molar-refractivity contribution in [2.24, 2.45) is 0 Å². The molecule has 0 saturated heterocycles. The Morgan fingerprint density at radius 3 is 2.69 bits per heavy atom. The van der Waals surface area contributed by atoms with Crippen LogP contribution in [-0.2, 0) is 6.54 Å². The number of hydrogen-bond donors (Lipinski definition) is 3. The van der Waals surface area contributed by atoms with Crippen LogP contribution >= 0.6 is 15.9 Å². The maximum Gasteiger partial charge on any atom is 0.120 e. The molecule has 0 fully saturated rings. The lowest BCUT2D eigenvalue weighted by Crippen LogP contribution is -2.39. The highest BCUT2D eigenvalue weighted by molar-refractivity contribution is 9.10. The van der Waals surface area contributed by atoms with Crippen LogP contribution in [0.2, 0.25) is 0 Å². The molecule has 0 radical (unpaired) electrons. The van der Waals surface area contributed by atoms with Gasteiger partial charge in [0.1, 0.15) is 5.75 Å². The molecule has 0 aliphatic carbocycles. The molecular weight excluding hydrogens is 270 g/mol. The lowest BCUT2D eigenvalue weighted by atomic mass is 10.0. The predicted octanol–water partition coefficient (Wildman–Crippen LogP) is 2.41. The minimum atomic E-state index is -0.135. The summed E-state index contributed by atoms with van der Waals surface area (Å²) in [5.41, 5.74) is 0.712. The molecule has 0 heterocycles. The molecule has 0 amide bonds. The van der Waals surface area contributed by atoms with E-state index in [9.17, 15) is 5.11 Å². The number of benzene rings is 1. The molecule has 0 atom stereocenters. The monoisotopic (exact) mass is 287 g/mol. The molecule has 3 N–H and O–H groups in total. The Bertz CT molecular complexity index is 353. The maximum atomic E-state index is 9.65. The average Bonchev–Trinajstić information content (AvgIpc) is 2.19. The molecule has 0 spiro atoms. The Kier molecular flexibility index (Phi) is 4.77. The maximum absolute atomic E-state index is 9.65. The van der Waals surface area contributed by atoms with Gasteiger partial charge in [0.25, 0.3) is 0 Å². The molecule has 0 aliphatic heterocycles. The summed E-state index contributed by atoms with van der Waals surface area (Å²) < 4.78 is 0.946. The number of halogens is 1. The van der Waals surface area contributed by atoms with Crippen LogP contribution in [0.25, 0.3) is 0 Å². The molecule has 0 bridgehead atoms. The quantitative estimate of drug-likeness (QED) is 0.780. The molecule has 90 valence electrons. The van der Waals surface area contributed by atoms with Gasteiger partial charge in [-0.2, -0.15) is 0 Å². The van der Waals surface area contributed by atoms with Crippen LogP contribution in [0.3, 0.4) is 0 Å². The second kappa shape index (κ2) is 5.66. The van der Waals surface area contributed by atoms with Crippen LogP contribution in [0.4, 0.5) is 0 Å². The van der Waals surface area contributed by atoms with Gasteiger partial charge in [0.15, 0.2) is 0 Å². The molecule has 1 rings (SSSR count). The first-order valence-electron chi connectivity index (χ1n) is 5.28. The zero-order valence-corrected chi connectivity index (χ0v) is 11.2. The summed E-state index contributed by atoms with van der Waals surface area (Å²) in [6.07, 6.45) is 0.682. The van der Waals surface area contributed by atoms with Gasteiger partial charge < -0.3 is 15.5 Å². The predicted molar refractivity (Wildman–Crippen MR) is 68.4 cm³/mol. The summed E-state index contributed by atoms with van der Waals surface area (Å²) in [7, 11) is 0. The molecule has 0 unspecified atom stereocenters. The molecule has 3 nitrogen and oxygen atoms in total.